The topological polar surface area (TPSA) is 12.0 Å². The molecule has 72 valence electrons. The maximum atomic E-state index is 3.54. The normalized spacial score (nSPS) is 27.5. The molecular weight excluding hydrogens is 146 g/mol. The number of rotatable bonds is 7. The Kier molecular flexibility index (Phi) is 4.67. The third-order valence-corrected chi connectivity index (χ3v) is 2.89. The molecule has 0 heterocycles. The fraction of sp³-hybridized carbons (Fsp3) is 1.00. The molecular formula is C11H23N. The molecule has 1 saturated carbocycles. The Bertz CT molecular complexity index is 112. The Hall–Kier alpha value is -0.0400. The van der Waals surface area contributed by atoms with Crippen molar-refractivity contribution in [3.05, 3.63) is 0 Å². The van der Waals surface area contributed by atoms with Crippen LogP contribution in [0.1, 0.15) is 46.0 Å². The molecule has 1 aliphatic rings. The molecule has 12 heavy (non-hydrogen) atoms. The van der Waals surface area contributed by atoms with Gasteiger partial charge in [0.15, 0.2) is 0 Å². The summed E-state index contributed by atoms with van der Waals surface area (Å²) in [7, 11) is 0. The van der Waals surface area contributed by atoms with E-state index < -0.39 is 0 Å². The quantitative estimate of drug-likeness (QED) is 0.578. The zero-order valence-electron chi connectivity index (χ0n) is 8.60. The van der Waals surface area contributed by atoms with Gasteiger partial charge in [-0.25, -0.2) is 0 Å². The summed E-state index contributed by atoms with van der Waals surface area (Å²) < 4.78 is 0. The van der Waals surface area contributed by atoms with Gasteiger partial charge in [0.1, 0.15) is 0 Å². The summed E-state index contributed by atoms with van der Waals surface area (Å²) in [5.74, 6) is 2.02. The van der Waals surface area contributed by atoms with E-state index in [0.717, 1.165) is 11.8 Å². The summed E-state index contributed by atoms with van der Waals surface area (Å²) in [5, 5.41) is 3.54. The van der Waals surface area contributed by atoms with Crippen molar-refractivity contribution in [2.24, 2.45) is 11.8 Å². The van der Waals surface area contributed by atoms with Gasteiger partial charge in [-0.1, -0.05) is 33.1 Å². The van der Waals surface area contributed by atoms with Crippen molar-refractivity contribution >= 4 is 0 Å². The van der Waals surface area contributed by atoms with Crippen molar-refractivity contribution < 1.29 is 0 Å². The van der Waals surface area contributed by atoms with Gasteiger partial charge in [-0.15, -0.1) is 0 Å². The summed E-state index contributed by atoms with van der Waals surface area (Å²) in [6.07, 6.45) is 6.99. The first-order valence-corrected chi connectivity index (χ1v) is 5.55. The van der Waals surface area contributed by atoms with Crippen LogP contribution in [-0.2, 0) is 0 Å². The smallest absolute Gasteiger partial charge is 0.00179 e. The molecule has 1 nitrogen and oxygen atoms in total. The minimum absolute atomic E-state index is 1.01. The predicted molar refractivity (Wildman–Crippen MR) is 54.3 cm³/mol. The maximum absolute atomic E-state index is 3.54. The molecule has 2 atom stereocenters. The maximum Gasteiger partial charge on any atom is -0.00179 e. The molecule has 0 aromatic heterocycles. The van der Waals surface area contributed by atoms with Crippen molar-refractivity contribution in [2.45, 2.75) is 46.0 Å². The first-order chi connectivity index (χ1) is 5.84. The Morgan fingerprint density at radius 3 is 2.58 bits per heavy atom. The lowest BCUT2D eigenvalue weighted by Crippen LogP contribution is -2.18. The lowest BCUT2D eigenvalue weighted by molar-refractivity contribution is 0.567. The van der Waals surface area contributed by atoms with E-state index in [0.29, 0.717) is 0 Å². The van der Waals surface area contributed by atoms with Gasteiger partial charge >= 0.3 is 0 Å². The lowest BCUT2D eigenvalue weighted by Gasteiger charge is -2.02. The van der Waals surface area contributed by atoms with E-state index in [-0.39, 0.29) is 0 Å². The highest BCUT2D eigenvalue weighted by Gasteiger charge is 2.31. The standard InChI is InChI=1S/C11H23N/c1-3-4-5-6-7-12-9-11-8-10(11)2/h10-12H,3-9H2,1-2H3. The van der Waals surface area contributed by atoms with Crippen LogP contribution in [0, 0.1) is 11.8 Å². The SMILES string of the molecule is CCCCCCNCC1CC1C. The number of hydrogen-bond donors (Lipinski definition) is 1. The van der Waals surface area contributed by atoms with E-state index in [2.05, 4.69) is 19.2 Å². The van der Waals surface area contributed by atoms with Crippen LogP contribution in [0.2, 0.25) is 0 Å². The Labute approximate surface area is 76.9 Å². The molecule has 0 radical (unpaired) electrons. The Morgan fingerprint density at radius 1 is 1.25 bits per heavy atom. The fourth-order valence-electron chi connectivity index (χ4n) is 1.65. The van der Waals surface area contributed by atoms with Crippen LogP contribution in [0.15, 0.2) is 0 Å². The van der Waals surface area contributed by atoms with Crippen molar-refractivity contribution in [3.63, 3.8) is 0 Å². The summed E-state index contributed by atoms with van der Waals surface area (Å²) in [5.41, 5.74) is 0. The third-order valence-electron chi connectivity index (χ3n) is 2.89. The molecule has 0 aromatic carbocycles. The number of unbranched alkanes of at least 4 members (excludes halogenated alkanes) is 3. The second kappa shape index (κ2) is 5.58. The molecule has 0 aromatic rings. The zero-order chi connectivity index (χ0) is 8.81. The first-order valence-electron chi connectivity index (χ1n) is 5.55. The van der Waals surface area contributed by atoms with Crippen LogP contribution < -0.4 is 5.32 Å². The minimum Gasteiger partial charge on any atom is -0.316 e. The van der Waals surface area contributed by atoms with Gasteiger partial charge in [0.25, 0.3) is 0 Å². The molecule has 1 fully saturated rings. The highest BCUT2D eigenvalue weighted by Crippen LogP contribution is 2.36. The fourth-order valence-corrected chi connectivity index (χ4v) is 1.65. The van der Waals surface area contributed by atoms with Gasteiger partial charge in [-0.3, -0.25) is 0 Å². The van der Waals surface area contributed by atoms with E-state index in [1.54, 1.807) is 0 Å². The monoisotopic (exact) mass is 169 g/mol. The summed E-state index contributed by atoms with van der Waals surface area (Å²) in [4.78, 5) is 0. The van der Waals surface area contributed by atoms with Gasteiger partial charge < -0.3 is 5.32 Å². The molecule has 0 spiro atoms. The summed E-state index contributed by atoms with van der Waals surface area (Å²) in [6.45, 7) is 7.12. The zero-order valence-corrected chi connectivity index (χ0v) is 8.60. The molecule has 0 bridgehead atoms. The molecule has 2 unspecified atom stereocenters. The van der Waals surface area contributed by atoms with Crippen LogP contribution in [0.3, 0.4) is 0 Å². The van der Waals surface area contributed by atoms with Crippen LogP contribution in [0.25, 0.3) is 0 Å². The second-order valence-corrected chi connectivity index (χ2v) is 4.24. The number of nitrogens with one attached hydrogen (secondary N) is 1. The van der Waals surface area contributed by atoms with Crippen molar-refractivity contribution in [1.82, 2.24) is 5.32 Å². The van der Waals surface area contributed by atoms with Gasteiger partial charge in [-0.05, 0) is 37.8 Å². The van der Waals surface area contributed by atoms with Crippen LogP contribution in [0.4, 0.5) is 0 Å². The van der Waals surface area contributed by atoms with Crippen molar-refractivity contribution in [3.8, 4) is 0 Å². The molecule has 0 saturated heterocycles. The van der Waals surface area contributed by atoms with Gasteiger partial charge in [0.05, 0.1) is 0 Å². The molecule has 1 heteroatoms. The first kappa shape index (κ1) is 10.0. The molecule has 0 amide bonds. The Morgan fingerprint density at radius 2 is 2.00 bits per heavy atom. The summed E-state index contributed by atoms with van der Waals surface area (Å²) >= 11 is 0. The largest absolute Gasteiger partial charge is 0.316 e. The van der Waals surface area contributed by atoms with E-state index in [1.807, 2.05) is 0 Å². The highest BCUT2D eigenvalue weighted by molar-refractivity contribution is 4.83. The lowest BCUT2D eigenvalue weighted by atomic mass is 10.2. The van der Waals surface area contributed by atoms with Gasteiger partial charge in [0.2, 0.25) is 0 Å². The van der Waals surface area contributed by atoms with E-state index in [4.69, 9.17) is 0 Å². The van der Waals surface area contributed by atoms with Crippen LogP contribution in [-0.4, -0.2) is 13.1 Å². The van der Waals surface area contributed by atoms with Crippen LogP contribution >= 0.6 is 0 Å². The molecule has 1 rings (SSSR count). The summed E-state index contributed by atoms with van der Waals surface area (Å²) in [6, 6.07) is 0. The molecule has 1 aliphatic carbocycles. The van der Waals surface area contributed by atoms with E-state index >= 15 is 0 Å². The third kappa shape index (κ3) is 4.10. The average Bonchev–Trinajstić information content (AvgIpc) is 2.74. The molecule has 0 aliphatic heterocycles. The Balaban J connectivity index is 1.72. The average molecular weight is 169 g/mol. The van der Waals surface area contributed by atoms with Crippen LogP contribution in [0.5, 0.6) is 0 Å². The number of hydrogen-bond acceptors (Lipinski definition) is 1. The van der Waals surface area contributed by atoms with Crippen molar-refractivity contribution in [2.75, 3.05) is 13.1 Å². The predicted octanol–water partition coefficient (Wildman–Crippen LogP) is 2.81. The molecule has 1 N–H and O–H groups in total. The second-order valence-electron chi connectivity index (χ2n) is 4.24. The van der Waals surface area contributed by atoms with E-state index in [1.165, 1.54) is 45.2 Å². The minimum atomic E-state index is 1.01. The van der Waals surface area contributed by atoms with Gasteiger partial charge in [0, 0.05) is 0 Å². The van der Waals surface area contributed by atoms with Gasteiger partial charge in [-0.2, -0.15) is 0 Å². The van der Waals surface area contributed by atoms with Crippen molar-refractivity contribution in [1.29, 1.82) is 0 Å². The highest BCUT2D eigenvalue weighted by atomic mass is 14.9. The van der Waals surface area contributed by atoms with E-state index in [9.17, 15) is 0 Å².